The first-order valence-electron chi connectivity index (χ1n) is 5.57. The Morgan fingerprint density at radius 2 is 1.87 bits per heavy atom. The second kappa shape index (κ2) is 3.32. The molecule has 3 N–H and O–H groups in total. The molecular formula is C13H20N2. The van der Waals surface area contributed by atoms with Gasteiger partial charge in [-0.15, -0.1) is 0 Å². The summed E-state index contributed by atoms with van der Waals surface area (Å²) in [5.74, 6) is 0. The van der Waals surface area contributed by atoms with Crippen molar-refractivity contribution in [2.75, 3.05) is 7.05 Å². The molecule has 0 spiro atoms. The van der Waals surface area contributed by atoms with Crippen LogP contribution in [0.25, 0.3) is 0 Å². The van der Waals surface area contributed by atoms with E-state index < -0.39 is 0 Å². The maximum atomic E-state index is 6.29. The van der Waals surface area contributed by atoms with Crippen LogP contribution in [-0.2, 0) is 11.1 Å². The highest BCUT2D eigenvalue weighted by Crippen LogP contribution is 2.45. The number of nitrogens with one attached hydrogen (secondary N) is 1. The molecule has 1 aliphatic carbocycles. The van der Waals surface area contributed by atoms with E-state index in [2.05, 4.69) is 43.4 Å². The first-order chi connectivity index (χ1) is 6.99. The summed E-state index contributed by atoms with van der Waals surface area (Å²) in [5.41, 5.74) is 8.87. The molecule has 0 unspecified atom stereocenters. The summed E-state index contributed by atoms with van der Waals surface area (Å²) >= 11 is 0. The maximum absolute atomic E-state index is 6.29. The van der Waals surface area contributed by atoms with Gasteiger partial charge in [-0.2, -0.15) is 0 Å². The molecule has 2 rings (SSSR count). The van der Waals surface area contributed by atoms with Gasteiger partial charge in [-0.3, -0.25) is 0 Å². The van der Waals surface area contributed by atoms with Gasteiger partial charge in [0.25, 0.3) is 0 Å². The van der Waals surface area contributed by atoms with Gasteiger partial charge in [-0.05, 0) is 44.9 Å². The van der Waals surface area contributed by atoms with Crippen LogP contribution in [-0.4, -0.2) is 7.05 Å². The van der Waals surface area contributed by atoms with E-state index in [0.29, 0.717) is 0 Å². The summed E-state index contributed by atoms with van der Waals surface area (Å²) in [6.45, 7) is 4.38. The minimum absolute atomic E-state index is 0.00838. The molecule has 1 aliphatic rings. The van der Waals surface area contributed by atoms with Crippen LogP contribution in [0.15, 0.2) is 24.3 Å². The third-order valence-electron chi connectivity index (χ3n) is 3.55. The van der Waals surface area contributed by atoms with Crippen LogP contribution >= 0.6 is 0 Å². The Balaban J connectivity index is 2.47. The highest BCUT2D eigenvalue weighted by atomic mass is 14.9. The topological polar surface area (TPSA) is 38.0 Å². The lowest BCUT2D eigenvalue weighted by atomic mass is 9.86. The molecule has 0 saturated heterocycles. The zero-order chi connectivity index (χ0) is 11.1. The van der Waals surface area contributed by atoms with E-state index in [0.717, 1.165) is 12.8 Å². The van der Waals surface area contributed by atoms with Crippen LogP contribution in [0.5, 0.6) is 0 Å². The quantitative estimate of drug-likeness (QED) is 0.791. The third-order valence-corrected chi connectivity index (χ3v) is 3.55. The molecule has 0 heterocycles. The lowest BCUT2D eigenvalue weighted by Crippen LogP contribution is -2.36. The predicted molar refractivity (Wildman–Crippen MR) is 63.6 cm³/mol. The molecule has 15 heavy (non-hydrogen) atoms. The van der Waals surface area contributed by atoms with Crippen molar-refractivity contribution in [1.82, 2.24) is 5.32 Å². The van der Waals surface area contributed by atoms with E-state index in [1.165, 1.54) is 11.1 Å². The molecular weight excluding hydrogens is 184 g/mol. The van der Waals surface area contributed by atoms with Crippen LogP contribution < -0.4 is 11.1 Å². The van der Waals surface area contributed by atoms with Gasteiger partial charge in [0, 0.05) is 11.1 Å². The smallest absolute Gasteiger partial charge is 0.0414 e. The lowest BCUT2D eigenvalue weighted by Gasteiger charge is -2.29. The molecule has 82 valence electrons. The lowest BCUT2D eigenvalue weighted by molar-refractivity contribution is 0.436. The average molecular weight is 204 g/mol. The van der Waals surface area contributed by atoms with Crippen LogP contribution in [0.1, 0.15) is 37.8 Å². The summed E-state index contributed by atoms with van der Waals surface area (Å²) in [6.07, 6.45) is 2.23. The number of rotatable bonds is 3. The third kappa shape index (κ3) is 1.80. The van der Waals surface area contributed by atoms with E-state index in [1.807, 2.05) is 7.05 Å². The van der Waals surface area contributed by atoms with E-state index in [4.69, 9.17) is 5.73 Å². The Morgan fingerprint density at radius 3 is 2.40 bits per heavy atom. The standard InChI is InChI=1S/C13H20N2/c1-12(2,15-3)10-6-4-5-7-11(10)13(14)8-9-13/h4-7,15H,8-9,14H2,1-3H3. The van der Waals surface area contributed by atoms with Crippen molar-refractivity contribution in [3.63, 3.8) is 0 Å². The predicted octanol–water partition coefficient (Wildman–Crippen LogP) is 2.09. The number of benzene rings is 1. The van der Waals surface area contributed by atoms with Crippen molar-refractivity contribution < 1.29 is 0 Å². The maximum Gasteiger partial charge on any atom is 0.0414 e. The van der Waals surface area contributed by atoms with Crippen molar-refractivity contribution in [3.8, 4) is 0 Å². The van der Waals surface area contributed by atoms with Gasteiger partial charge < -0.3 is 11.1 Å². The van der Waals surface area contributed by atoms with E-state index in [1.54, 1.807) is 0 Å². The van der Waals surface area contributed by atoms with Gasteiger partial charge in [0.1, 0.15) is 0 Å². The first kappa shape index (κ1) is 10.7. The Bertz CT molecular complexity index is 365. The van der Waals surface area contributed by atoms with Crippen molar-refractivity contribution >= 4 is 0 Å². The van der Waals surface area contributed by atoms with Crippen molar-refractivity contribution in [2.24, 2.45) is 5.73 Å². The molecule has 1 saturated carbocycles. The van der Waals surface area contributed by atoms with E-state index in [9.17, 15) is 0 Å². The highest BCUT2D eigenvalue weighted by Gasteiger charge is 2.42. The van der Waals surface area contributed by atoms with Gasteiger partial charge in [-0.25, -0.2) is 0 Å². The molecule has 1 aromatic carbocycles. The molecule has 2 heteroatoms. The summed E-state index contributed by atoms with van der Waals surface area (Å²) in [7, 11) is 1.99. The van der Waals surface area contributed by atoms with Crippen molar-refractivity contribution in [3.05, 3.63) is 35.4 Å². The fourth-order valence-corrected chi connectivity index (χ4v) is 2.00. The minimum atomic E-state index is -0.0509. The number of hydrogen-bond donors (Lipinski definition) is 2. The summed E-state index contributed by atoms with van der Waals surface area (Å²) in [6, 6.07) is 8.52. The summed E-state index contributed by atoms with van der Waals surface area (Å²) < 4.78 is 0. The monoisotopic (exact) mass is 204 g/mol. The second-order valence-electron chi connectivity index (χ2n) is 5.08. The Kier molecular flexibility index (Phi) is 2.36. The zero-order valence-electron chi connectivity index (χ0n) is 9.80. The molecule has 2 nitrogen and oxygen atoms in total. The van der Waals surface area contributed by atoms with Gasteiger partial charge in [0.15, 0.2) is 0 Å². The van der Waals surface area contributed by atoms with Crippen molar-refractivity contribution in [2.45, 2.75) is 37.8 Å². The van der Waals surface area contributed by atoms with Crippen LogP contribution in [0.4, 0.5) is 0 Å². The average Bonchev–Trinajstić information content (AvgIpc) is 2.98. The Hall–Kier alpha value is -0.860. The minimum Gasteiger partial charge on any atom is -0.321 e. The summed E-state index contributed by atoms with van der Waals surface area (Å²) in [5, 5.41) is 3.34. The summed E-state index contributed by atoms with van der Waals surface area (Å²) in [4.78, 5) is 0. The fourth-order valence-electron chi connectivity index (χ4n) is 2.00. The van der Waals surface area contributed by atoms with E-state index in [-0.39, 0.29) is 11.1 Å². The number of nitrogens with two attached hydrogens (primary N) is 1. The van der Waals surface area contributed by atoms with Gasteiger partial charge in [0.2, 0.25) is 0 Å². The Labute approximate surface area is 91.9 Å². The second-order valence-corrected chi connectivity index (χ2v) is 5.08. The normalized spacial score (nSPS) is 18.9. The molecule has 0 aromatic heterocycles. The molecule has 0 bridgehead atoms. The first-order valence-corrected chi connectivity index (χ1v) is 5.57. The molecule has 0 radical (unpaired) electrons. The van der Waals surface area contributed by atoms with E-state index >= 15 is 0 Å². The van der Waals surface area contributed by atoms with Crippen LogP contribution in [0, 0.1) is 0 Å². The van der Waals surface area contributed by atoms with Crippen LogP contribution in [0.2, 0.25) is 0 Å². The zero-order valence-corrected chi connectivity index (χ0v) is 9.80. The largest absolute Gasteiger partial charge is 0.321 e. The van der Waals surface area contributed by atoms with Crippen LogP contribution in [0.3, 0.4) is 0 Å². The van der Waals surface area contributed by atoms with Gasteiger partial charge in [0.05, 0.1) is 0 Å². The Morgan fingerprint density at radius 1 is 1.27 bits per heavy atom. The molecule has 1 aromatic rings. The molecule has 0 amide bonds. The molecule has 0 atom stereocenters. The van der Waals surface area contributed by atoms with Gasteiger partial charge in [-0.1, -0.05) is 24.3 Å². The SMILES string of the molecule is CNC(C)(C)c1ccccc1C1(N)CC1. The fraction of sp³-hybridized carbons (Fsp3) is 0.538. The molecule has 0 aliphatic heterocycles. The van der Waals surface area contributed by atoms with Gasteiger partial charge >= 0.3 is 0 Å². The van der Waals surface area contributed by atoms with Crippen molar-refractivity contribution in [1.29, 1.82) is 0 Å². The number of hydrogen-bond acceptors (Lipinski definition) is 2. The highest BCUT2D eigenvalue weighted by molar-refractivity contribution is 5.40. The molecule has 1 fully saturated rings.